The molecule has 1 aromatic rings. The van der Waals surface area contributed by atoms with Crippen LogP contribution in [0.15, 0.2) is 29.3 Å². The van der Waals surface area contributed by atoms with Crippen LogP contribution < -0.4 is 10.6 Å². The summed E-state index contributed by atoms with van der Waals surface area (Å²) < 4.78 is 23.2. The van der Waals surface area contributed by atoms with Crippen LogP contribution in [0.3, 0.4) is 0 Å². The standard InChI is InChI=1S/C19H26N4O4S.HI/c1-2-20-19(22-14-9-12-28(26,27)13-14)21-10-5-6-11-23-17(24)15-7-3-4-8-16(15)18(23)25;/h3-4,7-8,14H,2,5-6,9-13H2,1H3,(H2,20,21,22);1H. The molecule has 0 spiro atoms. The van der Waals surface area contributed by atoms with Gasteiger partial charge in [-0.3, -0.25) is 19.5 Å². The van der Waals surface area contributed by atoms with Gasteiger partial charge in [-0.2, -0.15) is 0 Å². The Morgan fingerprint density at radius 3 is 2.38 bits per heavy atom. The first-order chi connectivity index (χ1) is 13.4. The number of fused-ring (bicyclic) bond motifs is 1. The van der Waals surface area contributed by atoms with Crippen LogP contribution in [0.4, 0.5) is 0 Å². The summed E-state index contributed by atoms with van der Waals surface area (Å²) in [6.45, 7) is 3.52. The molecular formula is C19H27IN4O4S. The Balaban J connectivity index is 0.00000300. The maximum Gasteiger partial charge on any atom is 0.261 e. The van der Waals surface area contributed by atoms with E-state index in [4.69, 9.17) is 0 Å². The van der Waals surface area contributed by atoms with Crippen LogP contribution in [0.2, 0.25) is 0 Å². The number of unbranched alkanes of at least 4 members (excludes halogenated alkanes) is 1. The van der Waals surface area contributed by atoms with E-state index in [1.807, 2.05) is 6.92 Å². The van der Waals surface area contributed by atoms with Crippen molar-refractivity contribution < 1.29 is 18.0 Å². The van der Waals surface area contributed by atoms with Gasteiger partial charge < -0.3 is 10.6 Å². The summed E-state index contributed by atoms with van der Waals surface area (Å²) in [7, 11) is -2.94. The second-order valence-electron chi connectivity index (χ2n) is 7.02. The van der Waals surface area contributed by atoms with Crippen LogP contribution in [-0.2, 0) is 9.84 Å². The molecule has 0 radical (unpaired) electrons. The van der Waals surface area contributed by atoms with E-state index in [0.717, 1.165) is 0 Å². The van der Waals surface area contributed by atoms with Gasteiger partial charge in [-0.05, 0) is 38.3 Å². The molecule has 2 N–H and O–H groups in total. The molecule has 0 saturated carbocycles. The molecule has 10 heteroatoms. The van der Waals surface area contributed by atoms with Gasteiger partial charge >= 0.3 is 0 Å². The molecule has 1 unspecified atom stereocenters. The SMILES string of the molecule is CCNC(=NCCCCN1C(=O)c2ccccc2C1=O)NC1CCS(=O)(=O)C1.I. The van der Waals surface area contributed by atoms with Crippen molar-refractivity contribution in [3.05, 3.63) is 35.4 Å². The summed E-state index contributed by atoms with van der Waals surface area (Å²) in [5.41, 5.74) is 0.936. The third kappa shape index (κ3) is 5.91. The van der Waals surface area contributed by atoms with Gasteiger partial charge in [0.1, 0.15) is 0 Å². The van der Waals surface area contributed by atoms with E-state index in [0.29, 0.717) is 56.0 Å². The van der Waals surface area contributed by atoms with Gasteiger partial charge in [0, 0.05) is 25.7 Å². The molecule has 1 aromatic carbocycles. The highest BCUT2D eigenvalue weighted by Crippen LogP contribution is 2.22. The largest absolute Gasteiger partial charge is 0.357 e. The number of benzene rings is 1. The number of amides is 2. The monoisotopic (exact) mass is 534 g/mol. The van der Waals surface area contributed by atoms with E-state index in [2.05, 4.69) is 15.6 Å². The summed E-state index contributed by atoms with van der Waals surface area (Å²) in [6.07, 6.45) is 1.96. The second kappa shape index (κ2) is 10.4. The number of hydrogen-bond donors (Lipinski definition) is 2. The van der Waals surface area contributed by atoms with Crippen molar-refractivity contribution in [2.24, 2.45) is 4.99 Å². The molecule has 1 saturated heterocycles. The Labute approximate surface area is 188 Å². The average Bonchev–Trinajstić information content (AvgIpc) is 3.13. The molecule has 29 heavy (non-hydrogen) atoms. The first kappa shape index (κ1) is 23.6. The molecule has 2 aliphatic heterocycles. The van der Waals surface area contributed by atoms with Crippen molar-refractivity contribution in [3.8, 4) is 0 Å². The minimum absolute atomic E-state index is 0. The van der Waals surface area contributed by atoms with Gasteiger partial charge in [0.25, 0.3) is 11.8 Å². The number of nitrogens with zero attached hydrogens (tertiary/aromatic N) is 2. The fraction of sp³-hybridized carbons (Fsp3) is 0.526. The molecule has 160 valence electrons. The van der Waals surface area contributed by atoms with Crippen LogP contribution in [0, 0.1) is 0 Å². The lowest BCUT2D eigenvalue weighted by Gasteiger charge is -2.16. The van der Waals surface area contributed by atoms with E-state index >= 15 is 0 Å². The molecule has 3 rings (SSSR count). The van der Waals surface area contributed by atoms with Crippen molar-refractivity contribution in [2.75, 3.05) is 31.1 Å². The molecule has 8 nitrogen and oxygen atoms in total. The van der Waals surface area contributed by atoms with Gasteiger partial charge in [-0.15, -0.1) is 24.0 Å². The number of nitrogens with one attached hydrogen (secondary N) is 2. The third-order valence-corrected chi connectivity index (χ3v) is 6.62. The molecule has 2 aliphatic rings. The predicted octanol–water partition coefficient (Wildman–Crippen LogP) is 1.42. The van der Waals surface area contributed by atoms with Crippen molar-refractivity contribution in [1.82, 2.24) is 15.5 Å². The van der Waals surface area contributed by atoms with Crippen molar-refractivity contribution in [3.63, 3.8) is 0 Å². The first-order valence-electron chi connectivity index (χ1n) is 9.62. The lowest BCUT2D eigenvalue weighted by atomic mass is 10.1. The zero-order valence-corrected chi connectivity index (χ0v) is 19.5. The second-order valence-corrected chi connectivity index (χ2v) is 9.25. The molecule has 0 aromatic heterocycles. The molecule has 0 bridgehead atoms. The lowest BCUT2D eigenvalue weighted by Crippen LogP contribution is -2.44. The maximum absolute atomic E-state index is 12.3. The van der Waals surface area contributed by atoms with E-state index in [1.165, 1.54) is 4.90 Å². The lowest BCUT2D eigenvalue weighted by molar-refractivity contribution is 0.0652. The Kier molecular flexibility index (Phi) is 8.44. The normalized spacial score (nSPS) is 20.4. The predicted molar refractivity (Wildman–Crippen MR) is 123 cm³/mol. The van der Waals surface area contributed by atoms with Crippen LogP contribution in [0.25, 0.3) is 0 Å². The van der Waals surface area contributed by atoms with Gasteiger partial charge in [0.05, 0.1) is 22.6 Å². The summed E-state index contributed by atoms with van der Waals surface area (Å²) >= 11 is 0. The highest BCUT2D eigenvalue weighted by Gasteiger charge is 2.34. The van der Waals surface area contributed by atoms with Crippen LogP contribution in [0.1, 0.15) is 46.9 Å². The zero-order chi connectivity index (χ0) is 20.1. The van der Waals surface area contributed by atoms with Crippen molar-refractivity contribution >= 4 is 51.6 Å². The molecule has 0 aliphatic carbocycles. The van der Waals surface area contributed by atoms with E-state index in [-0.39, 0.29) is 53.3 Å². The Hall–Kier alpha value is -1.69. The van der Waals surface area contributed by atoms with Crippen LogP contribution in [-0.4, -0.2) is 68.3 Å². The molecular weight excluding hydrogens is 507 g/mol. The number of guanidine groups is 1. The number of aliphatic imine (C=N–C) groups is 1. The highest BCUT2D eigenvalue weighted by atomic mass is 127. The van der Waals surface area contributed by atoms with Crippen LogP contribution in [0.5, 0.6) is 0 Å². The highest BCUT2D eigenvalue weighted by molar-refractivity contribution is 14.0. The number of halogens is 1. The fourth-order valence-electron chi connectivity index (χ4n) is 3.44. The van der Waals surface area contributed by atoms with E-state index in [1.54, 1.807) is 24.3 Å². The smallest absolute Gasteiger partial charge is 0.261 e. The summed E-state index contributed by atoms with van der Waals surface area (Å²) in [6, 6.07) is 6.76. The van der Waals surface area contributed by atoms with Crippen molar-refractivity contribution in [1.29, 1.82) is 0 Å². The van der Waals surface area contributed by atoms with Gasteiger partial charge in [0.2, 0.25) is 0 Å². The zero-order valence-electron chi connectivity index (χ0n) is 16.4. The Morgan fingerprint density at radius 2 is 1.83 bits per heavy atom. The number of carbonyl (C=O) groups is 2. The minimum Gasteiger partial charge on any atom is -0.357 e. The Bertz CT molecular complexity index is 853. The number of carbonyl (C=O) groups excluding carboxylic acids is 2. The number of sulfone groups is 1. The summed E-state index contributed by atoms with van der Waals surface area (Å²) in [4.78, 5) is 30.4. The number of hydrogen-bond acceptors (Lipinski definition) is 5. The van der Waals surface area contributed by atoms with Crippen molar-refractivity contribution in [2.45, 2.75) is 32.2 Å². The molecule has 1 fully saturated rings. The topological polar surface area (TPSA) is 108 Å². The third-order valence-electron chi connectivity index (χ3n) is 4.86. The minimum atomic E-state index is -2.94. The number of rotatable bonds is 7. The van der Waals surface area contributed by atoms with Crippen LogP contribution >= 0.6 is 24.0 Å². The van der Waals surface area contributed by atoms with Gasteiger partial charge in [0.15, 0.2) is 15.8 Å². The fourth-order valence-corrected chi connectivity index (χ4v) is 5.11. The maximum atomic E-state index is 12.3. The Morgan fingerprint density at radius 1 is 1.17 bits per heavy atom. The molecule has 2 heterocycles. The summed E-state index contributed by atoms with van der Waals surface area (Å²) in [5.74, 6) is 0.482. The van der Waals surface area contributed by atoms with E-state index < -0.39 is 9.84 Å². The average molecular weight is 534 g/mol. The van der Waals surface area contributed by atoms with Gasteiger partial charge in [-0.1, -0.05) is 12.1 Å². The summed E-state index contributed by atoms with van der Waals surface area (Å²) in [5, 5.41) is 6.29. The van der Waals surface area contributed by atoms with Gasteiger partial charge in [-0.25, -0.2) is 8.42 Å². The molecule has 1 atom stereocenters. The number of imide groups is 1. The first-order valence-corrected chi connectivity index (χ1v) is 11.4. The quantitative estimate of drug-likeness (QED) is 0.180. The molecule has 2 amide bonds. The van der Waals surface area contributed by atoms with E-state index in [9.17, 15) is 18.0 Å².